The summed E-state index contributed by atoms with van der Waals surface area (Å²) in [6, 6.07) is 0. The maximum absolute atomic E-state index is 10.3. The van der Waals surface area contributed by atoms with Gasteiger partial charge in [-0.25, -0.2) is 0 Å². The van der Waals surface area contributed by atoms with Crippen LogP contribution in [-0.2, 0) is 4.79 Å². The third kappa shape index (κ3) is 4.79. The van der Waals surface area contributed by atoms with E-state index in [1.54, 1.807) is 0 Å². The van der Waals surface area contributed by atoms with Gasteiger partial charge < -0.3 is 25.5 Å². The number of hydrogen-bond acceptors (Lipinski definition) is 5. The second-order valence-corrected chi connectivity index (χ2v) is 3.02. The van der Waals surface area contributed by atoms with Crippen molar-refractivity contribution in [2.75, 3.05) is 0 Å². The van der Waals surface area contributed by atoms with E-state index in [1.807, 2.05) is 0 Å². The molecule has 0 aromatic rings. The average Bonchev–Trinajstić information content (AvgIpc) is 1.97. The van der Waals surface area contributed by atoms with Crippen LogP contribution in [0.4, 0.5) is 0 Å². The Kier molecular flexibility index (Phi) is 4.28. The van der Waals surface area contributed by atoms with E-state index in [1.165, 1.54) is 6.92 Å². The van der Waals surface area contributed by atoms with E-state index in [4.69, 9.17) is 25.5 Å². The maximum atomic E-state index is 10.3. The highest BCUT2D eigenvalue weighted by molar-refractivity contribution is 5.69. The monoisotopic (exact) mass is 194 g/mol. The predicted octanol–water partition coefficient (Wildman–Crippen LogP) is -1.52. The van der Waals surface area contributed by atoms with E-state index in [0.29, 0.717) is 0 Å². The van der Waals surface area contributed by atoms with Crippen molar-refractivity contribution in [3.05, 3.63) is 0 Å². The van der Waals surface area contributed by atoms with Gasteiger partial charge in [0.1, 0.15) is 6.10 Å². The SMILES string of the molecule is CC(CCC(O)C(O)(O)O)C(=O)O. The van der Waals surface area contributed by atoms with Gasteiger partial charge in [-0.2, -0.15) is 0 Å². The molecule has 0 aliphatic carbocycles. The fourth-order valence-electron chi connectivity index (χ4n) is 0.725. The summed E-state index contributed by atoms with van der Waals surface area (Å²) in [7, 11) is 0. The topological polar surface area (TPSA) is 118 Å². The minimum atomic E-state index is -3.15. The molecule has 2 atom stereocenters. The fraction of sp³-hybridized carbons (Fsp3) is 0.857. The number of carboxylic acids is 1. The number of hydrogen-bond donors (Lipinski definition) is 5. The number of aliphatic carboxylic acids is 1. The lowest BCUT2D eigenvalue weighted by Gasteiger charge is -2.21. The number of aliphatic hydroxyl groups excluding tert-OH is 1. The van der Waals surface area contributed by atoms with E-state index >= 15 is 0 Å². The van der Waals surface area contributed by atoms with Gasteiger partial charge in [-0.1, -0.05) is 6.92 Å². The largest absolute Gasteiger partial charge is 0.481 e. The Morgan fingerprint density at radius 1 is 1.31 bits per heavy atom. The van der Waals surface area contributed by atoms with Crippen LogP contribution in [0.5, 0.6) is 0 Å². The van der Waals surface area contributed by atoms with Crippen molar-refractivity contribution in [1.82, 2.24) is 0 Å². The number of carbonyl (C=O) groups is 1. The minimum absolute atomic E-state index is 0.0555. The minimum Gasteiger partial charge on any atom is -0.481 e. The fourth-order valence-corrected chi connectivity index (χ4v) is 0.725. The second-order valence-electron chi connectivity index (χ2n) is 3.02. The maximum Gasteiger partial charge on any atom is 0.306 e. The highest BCUT2D eigenvalue weighted by Crippen LogP contribution is 2.13. The van der Waals surface area contributed by atoms with Gasteiger partial charge in [0.15, 0.2) is 0 Å². The van der Waals surface area contributed by atoms with Gasteiger partial charge in [0, 0.05) is 0 Å². The molecule has 2 unspecified atom stereocenters. The molecule has 13 heavy (non-hydrogen) atoms. The highest BCUT2D eigenvalue weighted by Gasteiger charge is 2.30. The zero-order chi connectivity index (χ0) is 10.6. The molecule has 0 spiro atoms. The van der Waals surface area contributed by atoms with Gasteiger partial charge in [0.2, 0.25) is 0 Å². The first-order valence-corrected chi connectivity index (χ1v) is 3.83. The van der Waals surface area contributed by atoms with E-state index in [0.717, 1.165) is 0 Å². The molecule has 6 nitrogen and oxygen atoms in total. The quantitative estimate of drug-likeness (QED) is 0.339. The molecule has 0 aromatic heterocycles. The summed E-state index contributed by atoms with van der Waals surface area (Å²) in [6.07, 6.45) is -1.90. The highest BCUT2D eigenvalue weighted by atomic mass is 16.7. The molecular formula is C7H14O6. The lowest BCUT2D eigenvalue weighted by atomic mass is 10.0. The predicted molar refractivity (Wildman–Crippen MR) is 41.4 cm³/mol. The first-order chi connectivity index (χ1) is 5.75. The van der Waals surface area contributed by atoms with E-state index in [-0.39, 0.29) is 12.8 Å². The van der Waals surface area contributed by atoms with Crippen molar-refractivity contribution in [3.63, 3.8) is 0 Å². The molecule has 0 amide bonds. The average molecular weight is 194 g/mol. The van der Waals surface area contributed by atoms with Gasteiger partial charge in [-0.05, 0) is 12.8 Å². The summed E-state index contributed by atoms with van der Waals surface area (Å²) in [5.74, 6) is -4.89. The summed E-state index contributed by atoms with van der Waals surface area (Å²) >= 11 is 0. The van der Waals surface area contributed by atoms with Crippen LogP contribution in [0.25, 0.3) is 0 Å². The van der Waals surface area contributed by atoms with Crippen molar-refractivity contribution in [2.24, 2.45) is 5.92 Å². The van der Waals surface area contributed by atoms with E-state index in [2.05, 4.69) is 0 Å². The van der Waals surface area contributed by atoms with Crippen LogP contribution in [-0.4, -0.2) is 43.6 Å². The first kappa shape index (κ1) is 12.3. The number of carboxylic acid groups (broad SMARTS) is 1. The normalized spacial score (nSPS) is 16.7. The zero-order valence-corrected chi connectivity index (χ0v) is 7.21. The molecule has 0 heterocycles. The van der Waals surface area contributed by atoms with Gasteiger partial charge in [0.05, 0.1) is 5.92 Å². The molecular weight excluding hydrogens is 180 g/mol. The lowest BCUT2D eigenvalue weighted by molar-refractivity contribution is -0.355. The van der Waals surface area contributed by atoms with Crippen molar-refractivity contribution in [1.29, 1.82) is 0 Å². The molecule has 78 valence electrons. The molecule has 0 aliphatic heterocycles. The third-order valence-electron chi connectivity index (χ3n) is 1.74. The molecule has 0 aromatic carbocycles. The van der Waals surface area contributed by atoms with E-state index < -0.39 is 24.0 Å². The molecule has 0 radical (unpaired) electrons. The Hall–Kier alpha value is -0.690. The van der Waals surface area contributed by atoms with Crippen LogP contribution in [0, 0.1) is 5.92 Å². The summed E-state index contributed by atoms with van der Waals surface area (Å²) in [4.78, 5) is 10.3. The van der Waals surface area contributed by atoms with Gasteiger partial charge in [-0.3, -0.25) is 4.79 Å². The third-order valence-corrected chi connectivity index (χ3v) is 1.74. The number of rotatable bonds is 5. The standard InChI is InChI=1S/C7H14O6/c1-4(6(9)10)2-3-5(8)7(11,12)13/h4-5,8,11-13H,2-3H2,1H3,(H,9,10). The van der Waals surface area contributed by atoms with Gasteiger partial charge in [0.25, 0.3) is 0 Å². The van der Waals surface area contributed by atoms with Crippen LogP contribution >= 0.6 is 0 Å². The Balaban J connectivity index is 3.83. The van der Waals surface area contributed by atoms with Crippen molar-refractivity contribution < 1.29 is 30.3 Å². The Morgan fingerprint density at radius 2 is 1.77 bits per heavy atom. The first-order valence-electron chi connectivity index (χ1n) is 3.83. The van der Waals surface area contributed by atoms with E-state index in [9.17, 15) is 4.79 Å². The Morgan fingerprint density at radius 3 is 2.08 bits per heavy atom. The summed E-state index contributed by atoms with van der Waals surface area (Å²) < 4.78 is 0. The Labute approximate surface area is 75.1 Å². The smallest absolute Gasteiger partial charge is 0.306 e. The lowest BCUT2D eigenvalue weighted by Crippen LogP contribution is -2.42. The second kappa shape index (κ2) is 4.52. The molecule has 0 aliphatic rings. The van der Waals surface area contributed by atoms with Crippen molar-refractivity contribution >= 4 is 5.97 Å². The van der Waals surface area contributed by atoms with Crippen LogP contribution in [0.15, 0.2) is 0 Å². The Bertz CT molecular complexity index is 172. The molecule has 5 N–H and O–H groups in total. The molecule has 0 rings (SSSR count). The van der Waals surface area contributed by atoms with Gasteiger partial charge >= 0.3 is 11.9 Å². The zero-order valence-electron chi connectivity index (χ0n) is 7.21. The molecule has 0 bridgehead atoms. The molecule has 6 heteroatoms. The summed E-state index contributed by atoms with van der Waals surface area (Å²) in [5.41, 5.74) is 0. The van der Waals surface area contributed by atoms with Crippen molar-refractivity contribution in [2.45, 2.75) is 31.8 Å². The summed E-state index contributed by atoms with van der Waals surface area (Å²) in [5, 5.41) is 42.7. The van der Waals surface area contributed by atoms with Crippen LogP contribution in [0.3, 0.4) is 0 Å². The van der Waals surface area contributed by atoms with Gasteiger partial charge in [-0.15, -0.1) is 0 Å². The summed E-state index contributed by atoms with van der Waals surface area (Å²) in [6.45, 7) is 1.42. The van der Waals surface area contributed by atoms with Crippen LogP contribution in [0.1, 0.15) is 19.8 Å². The molecule has 0 saturated heterocycles. The van der Waals surface area contributed by atoms with Crippen molar-refractivity contribution in [3.8, 4) is 0 Å². The molecule has 0 saturated carbocycles. The number of aliphatic hydroxyl groups is 4. The molecule has 0 fully saturated rings. The van der Waals surface area contributed by atoms with Crippen LogP contribution in [0.2, 0.25) is 0 Å². The van der Waals surface area contributed by atoms with Crippen LogP contribution < -0.4 is 0 Å².